The summed E-state index contributed by atoms with van der Waals surface area (Å²) in [6.07, 6.45) is 7.03. The molecule has 4 heteroatoms. The molecule has 14 heavy (non-hydrogen) atoms. The lowest BCUT2D eigenvalue weighted by Gasteiger charge is -2.33. The van der Waals surface area contributed by atoms with E-state index in [9.17, 15) is 0 Å². The molecule has 0 unspecified atom stereocenters. The fourth-order valence-corrected chi connectivity index (χ4v) is 4.36. The smallest absolute Gasteiger partial charge is 0.0210 e. The predicted octanol–water partition coefficient (Wildman–Crippen LogP) is 4.42. The topological polar surface area (TPSA) is 3.24 Å². The third-order valence-corrected chi connectivity index (χ3v) is 4.74. The molecular weight excluding hydrogens is 230 g/mol. The summed E-state index contributed by atoms with van der Waals surface area (Å²) in [5, 5.41) is 0. The molecule has 1 rings (SSSR count). The van der Waals surface area contributed by atoms with Crippen molar-refractivity contribution in [3.63, 3.8) is 0 Å². The van der Waals surface area contributed by atoms with Crippen LogP contribution in [0.25, 0.3) is 0 Å². The standard InChI is InChI=1S/C10H21NS3/c1-9(2)8-11(13-14-12)10-6-4-3-5-7-10/h9-10,12H,3-8H2,1-2H3. The van der Waals surface area contributed by atoms with Crippen LogP contribution in [-0.4, -0.2) is 16.9 Å². The van der Waals surface area contributed by atoms with Crippen molar-refractivity contribution in [3.8, 4) is 0 Å². The number of thiol groups is 1. The molecule has 0 spiro atoms. The lowest BCUT2D eigenvalue weighted by molar-refractivity contribution is 0.255. The Hall–Kier alpha value is 1.01. The fraction of sp³-hybridized carbons (Fsp3) is 1.00. The first-order valence-electron chi connectivity index (χ1n) is 5.49. The molecule has 0 N–H and O–H groups in total. The van der Waals surface area contributed by atoms with Crippen LogP contribution in [0.15, 0.2) is 0 Å². The summed E-state index contributed by atoms with van der Waals surface area (Å²) in [6.45, 7) is 5.78. The van der Waals surface area contributed by atoms with Gasteiger partial charge in [0.15, 0.2) is 0 Å². The van der Waals surface area contributed by atoms with E-state index in [1.807, 2.05) is 11.0 Å². The quantitative estimate of drug-likeness (QED) is 0.438. The molecule has 84 valence electrons. The highest BCUT2D eigenvalue weighted by Crippen LogP contribution is 2.35. The molecule has 0 atom stereocenters. The first-order valence-corrected chi connectivity index (χ1v) is 8.64. The van der Waals surface area contributed by atoms with Gasteiger partial charge in [-0.25, -0.2) is 4.31 Å². The van der Waals surface area contributed by atoms with E-state index in [0.29, 0.717) is 0 Å². The molecule has 0 heterocycles. The van der Waals surface area contributed by atoms with Gasteiger partial charge in [-0.1, -0.05) is 44.8 Å². The van der Waals surface area contributed by atoms with Gasteiger partial charge >= 0.3 is 0 Å². The zero-order chi connectivity index (χ0) is 10.4. The van der Waals surface area contributed by atoms with Crippen molar-refractivity contribution >= 4 is 32.5 Å². The predicted molar refractivity (Wildman–Crippen MR) is 72.6 cm³/mol. The van der Waals surface area contributed by atoms with E-state index in [1.165, 1.54) is 38.6 Å². The van der Waals surface area contributed by atoms with Gasteiger partial charge in [-0.3, -0.25) is 0 Å². The Morgan fingerprint density at radius 2 is 1.93 bits per heavy atom. The van der Waals surface area contributed by atoms with Crippen LogP contribution in [0.2, 0.25) is 0 Å². The maximum Gasteiger partial charge on any atom is 0.0210 e. The van der Waals surface area contributed by atoms with Crippen molar-refractivity contribution in [3.05, 3.63) is 0 Å². The van der Waals surface area contributed by atoms with Gasteiger partial charge in [0.1, 0.15) is 0 Å². The van der Waals surface area contributed by atoms with Crippen molar-refractivity contribution in [2.24, 2.45) is 5.92 Å². The molecule has 0 aromatic heterocycles. The number of hydrogen-bond acceptors (Lipinski definition) is 4. The third-order valence-electron chi connectivity index (χ3n) is 2.66. The fourth-order valence-electron chi connectivity index (χ4n) is 2.01. The van der Waals surface area contributed by atoms with Gasteiger partial charge in [0, 0.05) is 23.6 Å². The second-order valence-electron chi connectivity index (χ2n) is 4.43. The van der Waals surface area contributed by atoms with E-state index in [0.717, 1.165) is 12.0 Å². The average Bonchev–Trinajstić information content (AvgIpc) is 2.18. The summed E-state index contributed by atoms with van der Waals surface area (Å²) in [5.74, 6) is 0.755. The maximum atomic E-state index is 4.24. The number of hydrogen-bond donors (Lipinski definition) is 1. The molecule has 1 fully saturated rings. The molecule has 0 saturated heterocycles. The van der Waals surface area contributed by atoms with E-state index in [2.05, 4.69) is 29.8 Å². The van der Waals surface area contributed by atoms with Crippen molar-refractivity contribution in [1.82, 2.24) is 4.31 Å². The number of nitrogens with zero attached hydrogens (tertiary/aromatic N) is 1. The Bertz CT molecular complexity index is 146. The Morgan fingerprint density at radius 1 is 1.29 bits per heavy atom. The van der Waals surface area contributed by atoms with E-state index in [4.69, 9.17) is 0 Å². The Kier molecular flexibility index (Phi) is 6.83. The number of rotatable bonds is 5. The lowest BCUT2D eigenvalue weighted by atomic mass is 9.95. The minimum atomic E-state index is 0.755. The zero-order valence-electron chi connectivity index (χ0n) is 9.11. The van der Waals surface area contributed by atoms with Crippen LogP contribution in [0.4, 0.5) is 0 Å². The zero-order valence-corrected chi connectivity index (χ0v) is 11.6. The van der Waals surface area contributed by atoms with Gasteiger partial charge in [-0.15, -0.1) is 0 Å². The van der Waals surface area contributed by atoms with Crippen LogP contribution in [0.1, 0.15) is 46.0 Å². The minimum absolute atomic E-state index is 0.755. The van der Waals surface area contributed by atoms with Crippen LogP contribution in [0.5, 0.6) is 0 Å². The largest absolute Gasteiger partial charge is 0.237 e. The molecule has 1 aliphatic rings. The third kappa shape index (κ3) is 4.69. The molecule has 0 bridgehead atoms. The molecule has 0 aromatic rings. The van der Waals surface area contributed by atoms with E-state index >= 15 is 0 Å². The lowest BCUT2D eigenvalue weighted by Crippen LogP contribution is -2.33. The second-order valence-corrected chi connectivity index (χ2v) is 7.44. The van der Waals surface area contributed by atoms with Crippen molar-refractivity contribution in [2.45, 2.75) is 52.0 Å². The maximum absolute atomic E-state index is 4.24. The van der Waals surface area contributed by atoms with Gasteiger partial charge < -0.3 is 0 Å². The summed E-state index contributed by atoms with van der Waals surface area (Å²) in [4.78, 5) is 0. The average molecular weight is 251 g/mol. The van der Waals surface area contributed by atoms with Crippen molar-refractivity contribution in [1.29, 1.82) is 0 Å². The van der Waals surface area contributed by atoms with E-state index in [1.54, 1.807) is 9.83 Å². The molecule has 0 radical (unpaired) electrons. The van der Waals surface area contributed by atoms with Crippen LogP contribution < -0.4 is 0 Å². The SMILES string of the molecule is CC(C)CN(SSS)C1CCCCC1. The van der Waals surface area contributed by atoms with Crippen LogP contribution in [0.3, 0.4) is 0 Å². The van der Waals surface area contributed by atoms with Gasteiger partial charge in [0.05, 0.1) is 0 Å². The molecule has 1 nitrogen and oxygen atoms in total. The summed E-state index contributed by atoms with van der Waals surface area (Å²) < 4.78 is 2.54. The van der Waals surface area contributed by atoms with Gasteiger partial charge in [0.2, 0.25) is 0 Å². The monoisotopic (exact) mass is 251 g/mol. The molecule has 0 aromatic carbocycles. The van der Waals surface area contributed by atoms with Gasteiger partial charge in [0.25, 0.3) is 0 Å². The first-order chi connectivity index (χ1) is 6.74. The Labute approximate surface area is 101 Å². The highest BCUT2D eigenvalue weighted by Gasteiger charge is 2.22. The molecular formula is C10H21NS3. The molecule has 1 saturated carbocycles. The summed E-state index contributed by atoms with van der Waals surface area (Å²) in [6, 6.07) is 0.802. The highest BCUT2D eigenvalue weighted by molar-refractivity contribution is 9.04. The van der Waals surface area contributed by atoms with Crippen LogP contribution >= 0.6 is 32.5 Å². The Morgan fingerprint density at radius 3 is 2.43 bits per heavy atom. The Balaban J connectivity index is 2.38. The van der Waals surface area contributed by atoms with Crippen molar-refractivity contribution < 1.29 is 0 Å². The molecule has 0 amide bonds. The van der Waals surface area contributed by atoms with Gasteiger partial charge in [-0.05, 0) is 28.6 Å². The summed E-state index contributed by atoms with van der Waals surface area (Å²) in [7, 11) is 3.41. The summed E-state index contributed by atoms with van der Waals surface area (Å²) >= 11 is 4.24. The summed E-state index contributed by atoms with van der Waals surface area (Å²) in [5.41, 5.74) is 0. The second kappa shape index (κ2) is 7.31. The van der Waals surface area contributed by atoms with Gasteiger partial charge in [-0.2, -0.15) is 0 Å². The van der Waals surface area contributed by atoms with E-state index in [-0.39, 0.29) is 0 Å². The first kappa shape index (κ1) is 13.1. The minimum Gasteiger partial charge on any atom is -0.237 e. The van der Waals surface area contributed by atoms with Crippen LogP contribution in [-0.2, 0) is 0 Å². The van der Waals surface area contributed by atoms with Crippen molar-refractivity contribution in [2.75, 3.05) is 6.54 Å². The highest BCUT2D eigenvalue weighted by atomic mass is 33.5. The molecule has 1 aliphatic carbocycles. The normalized spacial score (nSPS) is 19.5. The molecule has 0 aliphatic heterocycles. The van der Waals surface area contributed by atoms with Crippen LogP contribution in [0, 0.1) is 5.92 Å². The van der Waals surface area contributed by atoms with E-state index < -0.39 is 0 Å².